The molecule has 7 rings (SSSR count). The molecule has 0 aliphatic carbocycles. The smallest absolute Gasteiger partial charge is 0.375 e. The third kappa shape index (κ3) is 3.44. The molecule has 0 spiro atoms. The van der Waals surface area contributed by atoms with Crippen molar-refractivity contribution in [3.8, 4) is 29.1 Å². The molecule has 5 aliphatic heterocycles. The fraction of sp³-hybridized carbons (Fsp3) is 0.500. The summed E-state index contributed by atoms with van der Waals surface area (Å²) < 4.78 is 23.3. The van der Waals surface area contributed by atoms with Crippen LogP contribution in [0.3, 0.4) is 0 Å². The summed E-state index contributed by atoms with van der Waals surface area (Å²) in [5, 5.41) is 22.1. The van der Waals surface area contributed by atoms with Crippen molar-refractivity contribution in [2.45, 2.75) is 62.7 Å². The van der Waals surface area contributed by atoms with E-state index in [-0.39, 0.29) is 48.3 Å². The topological polar surface area (TPSA) is 122 Å². The summed E-state index contributed by atoms with van der Waals surface area (Å²) in [7, 11) is 3.56. The third-order valence-electron chi connectivity index (χ3n) is 9.68. The number of nitrogens with zero attached hydrogens (tertiary/aromatic N) is 3. The van der Waals surface area contributed by atoms with Crippen LogP contribution in [0.25, 0.3) is 0 Å². The van der Waals surface area contributed by atoms with Crippen molar-refractivity contribution in [1.29, 1.82) is 5.26 Å². The van der Waals surface area contributed by atoms with Crippen molar-refractivity contribution < 1.29 is 33.6 Å². The van der Waals surface area contributed by atoms with Gasteiger partial charge in [0.1, 0.15) is 12.6 Å². The second-order valence-corrected chi connectivity index (χ2v) is 12.6. The van der Waals surface area contributed by atoms with Crippen LogP contribution in [0.15, 0.2) is 6.07 Å². The Kier molecular flexibility index (Phi) is 5.98. The van der Waals surface area contributed by atoms with Gasteiger partial charge in [-0.1, -0.05) is 6.07 Å². The largest absolute Gasteiger partial charge is 0.504 e. The molecule has 1 N–H and O–H groups in total. The number of hydrogen-bond acceptors (Lipinski definition) is 11. The van der Waals surface area contributed by atoms with Crippen LogP contribution in [-0.2, 0) is 20.7 Å². The third-order valence-corrected chi connectivity index (χ3v) is 11.0. The lowest BCUT2D eigenvalue weighted by Gasteiger charge is -2.61. The molecule has 214 valence electrons. The van der Waals surface area contributed by atoms with Crippen molar-refractivity contribution in [1.82, 2.24) is 9.80 Å². The standard InChI is InChI=1S/C30H31N3O7S/c1-12-6-15-7-16-17(8-31)33-18-9-38-30(36)19(34)10-41-29(20-13(2)14(3)27-28(22(18)20)40-11-39-27)24(33)23(32(16)4)21(15)25(35)26(12)37-5/h6,16-18,23-24,29,35H,7,9-11H2,1-5H3/t16-,17-,18+,23-,24?,29+/m0/s1. The molecule has 5 heterocycles. The highest BCUT2D eigenvalue weighted by atomic mass is 32.2. The number of rotatable bonds is 1. The number of ether oxygens (including phenoxy) is 4. The fourth-order valence-corrected chi connectivity index (χ4v) is 9.26. The van der Waals surface area contributed by atoms with Gasteiger partial charge in [-0.3, -0.25) is 14.6 Å². The number of carbonyl (C=O) groups excluding carboxylic acids is 2. The maximum atomic E-state index is 12.8. The van der Waals surface area contributed by atoms with E-state index < -0.39 is 23.8 Å². The van der Waals surface area contributed by atoms with Crippen LogP contribution < -0.4 is 14.2 Å². The van der Waals surface area contributed by atoms with Crippen LogP contribution in [0.4, 0.5) is 0 Å². The van der Waals surface area contributed by atoms with E-state index in [1.165, 1.54) is 11.8 Å². The van der Waals surface area contributed by atoms with Crippen molar-refractivity contribution >= 4 is 23.5 Å². The number of phenols is 1. The Morgan fingerprint density at radius 3 is 2.59 bits per heavy atom. The molecule has 2 aromatic rings. The molecule has 5 aliphatic rings. The molecule has 2 aromatic carbocycles. The number of thioether (sulfide) groups is 1. The number of cyclic esters (lactones) is 1. The number of methoxy groups -OCH3 is 1. The molecule has 2 fully saturated rings. The summed E-state index contributed by atoms with van der Waals surface area (Å²) >= 11 is 1.38. The molecule has 0 amide bonds. The van der Waals surface area contributed by atoms with E-state index in [2.05, 4.69) is 21.9 Å². The van der Waals surface area contributed by atoms with Crippen LogP contribution in [-0.4, -0.2) is 78.1 Å². The second-order valence-electron chi connectivity index (χ2n) is 11.5. The molecule has 41 heavy (non-hydrogen) atoms. The van der Waals surface area contributed by atoms with Gasteiger partial charge in [0.05, 0.1) is 31.0 Å². The van der Waals surface area contributed by atoms with Gasteiger partial charge in [-0.15, -0.1) is 11.8 Å². The molecule has 2 saturated heterocycles. The highest BCUT2D eigenvalue weighted by molar-refractivity contribution is 8.00. The van der Waals surface area contributed by atoms with Gasteiger partial charge in [0.25, 0.3) is 0 Å². The Morgan fingerprint density at radius 1 is 1.10 bits per heavy atom. The van der Waals surface area contributed by atoms with Crippen molar-refractivity contribution in [3.05, 3.63) is 45.0 Å². The van der Waals surface area contributed by atoms with E-state index in [1.807, 2.05) is 27.8 Å². The van der Waals surface area contributed by atoms with E-state index in [4.69, 9.17) is 18.9 Å². The number of phenolic OH excluding ortho intramolecular Hbond substituents is 1. The van der Waals surface area contributed by atoms with Crippen LogP contribution in [0.5, 0.6) is 23.0 Å². The quantitative estimate of drug-likeness (QED) is 0.397. The Hall–Kier alpha value is -3.46. The number of nitriles is 1. The average molecular weight is 578 g/mol. The predicted molar refractivity (Wildman–Crippen MR) is 148 cm³/mol. The number of aromatic hydroxyl groups is 1. The zero-order valence-corrected chi connectivity index (χ0v) is 24.3. The number of fused-ring (bicyclic) bond motifs is 9. The molecule has 0 radical (unpaired) electrons. The first-order valence-electron chi connectivity index (χ1n) is 13.7. The van der Waals surface area contributed by atoms with Gasteiger partial charge in [-0.05, 0) is 62.1 Å². The molecule has 0 aromatic heterocycles. The lowest BCUT2D eigenvalue weighted by atomic mass is 9.71. The van der Waals surface area contributed by atoms with Gasteiger partial charge in [0.15, 0.2) is 23.0 Å². The molecular formula is C30H31N3O7S. The number of esters is 1. The summed E-state index contributed by atoms with van der Waals surface area (Å²) in [5.74, 6) is 0.286. The van der Waals surface area contributed by atoms with Gasteiger partial charge in [-0.25, -0.2) is 4.79 Å². The highest BCUT2D eigenvalue weighted by Crippen LogP contribution is 2.62. The number of piperazine rings is 1. The van der Waals surface area contributed by atoms with Crippen LogP contribution in [0, 0.1) is 32.1 Å². The Bertz CT molecular complexity index is 1570. The van der Waals surface area contributed by atoms with Crippen molar-refractivity contribution in [2.24, 2.45) is 0 Å². The minimum absolute atomic E-state index is 0.0714. The monoisotopic (exact) mass is 577 g/mol. The Labute approximate surface area is 242 Å². The maximum absolute atomic E-state index is 12.8. The Morgan fingerprint density at radius 2 is 1.85 bits per heavy atom. The van der Waals surface area contributed by atoms with Gasteiger partial charge in [0.2, 0.25) is 12.6 Å². The number of benzene rings is 2. The minimum atomic E-state index is -0.869. The lowest BCUT2D eigenvalue weighted by molar-refractivity contribution is -0.157. The number of likely N-dealkylation sites (N-methyl/N-ethyl adjacent to an activating group) is 1. The van der Waals surface area contributed by atoms with E-state index in [0.717, 1.165) is 38.9 Å². The summed E-state index contributed by atoms with van der Waals surface area (Å²) in [4.78, 5) is 29.9. The number of ketones is 1. The predicted octanol–water partition coefficient (Wildman–Crippen LogP) is 3.18. The Balaban J connectivity index is 1.55. The van der Waals surface area contributed by atoms with E-state index in [1.54, 1.807) is 7.11 Å². The van der Waals surface area contributed by atoms with Crippen molar-refractivity contribution in [3.63, 3.8) is 0 Å². The van der Waals surface area contributed by atoms with Crippen molar-refractivity contribution in [2.75, 3.05) is 33.3 Å². The molecule has 4 bridgehead atoms. The fourth-order valence-electron chi connectivity index (χ4n) is 7.85. The van der Waals surface area contributed by atoms with Gasteiger partial charge < -0.3 is 24.1 Å². The van der Waals surface area contributed by atoms with E-state index >= 15 is 0 Å². The maximum Gasteiger partial charge on any atom is 0.375 e. The molecular weight excluding hydrogens is 546 g/mol. The SMILES string of the molecule is COc1c(C)cc2c(c1O)[C@H]1C3[C@@H]4SCC(=O)C(=O)OC[C@H](c5c6c(c(C)c(C)c54)OCO6)N3[C@@H](C#N)[C@H](C2)N1C. The molecule has 0 saturated carbocycles. The molecule has 10 nitrogen and oxygen atoms in total. The second kappa shape index (κ2) is 9.28. The zero-order valence-electron chi connectivity index (χ0n) is 23.5. The van der Waals surface area contributed by atoms with Gasteiger partial charge in [0, 0.05) is 28.5 Å². The first-order chi connectivity index (χ1) is 19.7. The molecule has 11 heteroatoms. The summed E-state index contributed by atoms with van der Waals surface area (Å²) in [6.45, 7) is 5.92. The minimum Gasteiger partial charge on any atom is -0.504 e. The summed E-state index contributed by atoms with van der Waals surface area (Å²) in [5.41, 5.74) is 6.45. The average Bonchev–Trinajstić information content (AvgIpc) is 3.44. The molecule has 1 unspecified atom stereocenters. The van der Waals surface area contributed by atoms with E-state index in [9.17, 15) is 20.0 Å². The highest BCUT2D eigenvalue weighted by Gasteiger charge is 2.60. The van der Waals surface area contributed by atoms with Crippen LogP contribution in [0.2, 0.25) is 0 Å². The van der Waals surface area contributed by atoms with Crippen LogP contribution >= 0.6 is 11.8 Å². The van der Waals surface area contributed by atoms with Gasteiger partial charge >= 0.3 is 5.97 Å². The van der Waals surface area contributed by atoms with E-state index in [0.29, 0.717) is 23.7 Å². The lowest BCUT2D eigenvalue weighted by Crippen LogP contribution is -2.69. The summed E-state index contributed by atoms with van der Waals surface area (Å²) in [6.07, 6.45) is 0.558. The first kappa shape index (κ1) is 26.4. The number of hydrogen-bond donors (Lipinski definition) is 1. The number of carbonyl (C=O) groups is 2. The molecule has 6 atom stereocenters. The summed E-state index contributed by atoms with van der Waals surface area (Å²) in [6, 6.07) is 2.67. The number of Topliss-reactive ketones (excluding diaryl/α,β-unsaturated/α-hetero) is 1. The van der Waals surface area contributed by atoms with Gasteiger partial charge in [-0.2, -0.15) is 5.26 Å². The zero-order chi connectivity index (χ0) is 28.9. The van der Waals surface area contributed by atoms with Crippen LogP contribution in [0.1, 0.15) is 56.3 Å². The normalized spacial score (nSPS) is 30.1. The number of aryl methyl sites for hydroxylation is 1. The first-order valence-corrected chi connectivity index (χ1v) is 14.8.